The Balaban J connectivity index is 2.68. The molecule has 0 atom stereocenters. The summed E-state index contributed by atoms with van der Waals surface area (Å²) in [6, 6.07) is 0. The van der Waals surface area contributed by atoms with E-state index >= 15 is 0 Å². The molecular formula is C22H29NO2S. The van der Waals surface area contributed by atoms with E-state index in [1.54, 1.807) is 30.5 Å². The molecule has 0 spiro atoms. The lowest BCUT2D eigenvalue weighted by molar-refractivity contribution is 0.353. The quantitative estimate of drug-likeness (QED) is 0.566. The molecule has 0 radical (unpaired) electrons. The number of hydrogen-bond donors (Lipinski definition) is 0. The molecule has 1 fully saturated rings. The van der Waals surface area contributed by atoms with E-state index in [1.807, 2.05) is 0 Å². The van der Waals surface area contributed by atoms with Crippen molar-refractivity contribution in [3.8, 4) is 0 Å². The van der Waals surface area contributed by atoms with Crippen LogP contribution in [0.5, 0.6) is 0 Å². The third kappa shape index (κ3) is 5.34. The maximum atomic E-state index is 13.2. The third-order valence-electron chi connectivity index (χ3n) is 4.28. The van der Waals surface area contributed by atoms with Crippen molar-refractivity contribution in [2.24, 2.45) is 4.40 Å². The van der Waals surface area contributed by atoms with Crippen LogP contribution >= 0.6 is 11.9 Å². The molecule has 0 unspecified atom stereocenters. The molecule has 26 heavy (non-hydrogen) atoms. The molecule has 1 aliphatic carbocycles. The number of allylic oxidation sites excluding steroid dienone is 2. The van der Waals surface area contributed by atoms with Gasteiger partial charge in [0.05, 0.1) is 10.8 Å². The van der Waals surface area contributed by atoms with E-state index in [9.17, 15) is 4.79 Å². The second kappa shape index (κ2) is 9.22. The van der Waals surface area contributed by atoms with Crippen molar-refractivity contribution in [1.29, 1.82) is 0 Å². The van der Waals surface area contributed by atoms with Gasteiger partial charge in [-0.3, -0.25) is 4.79 Å². The largest absolute Gasteiger partial charge is 0.460 e. The highest BCUT2D eigenvalue weighted by Crippen LogP contribution is 2.33. The lowest BCUT2D eigenvalue weighted by Gasteiger charge is -2.22. The minimum atomic E-state index is -0.0527. The van der Waals surface area contributed by atoms with Crippen LogP contribution in [0.15, 0.2) is 38.9 Å². The second-order valence-electron chi connectivity index (χ2n) is 7.56. The topological polar surface area (TPSA) is 42.6 Å². The molecule has 1 aliphatic rings. The van der Waals surface area contributed by atoms with Gasteiger partial charge < -0.3 is 4.42 Å². The fraction of sp³-hybridized carbons (Fsp3) is 0.455. The van der Waals surface area contributed by atoms with Gasteiger partial charge >= 0.3 is 0 Å². The first-order valence-corrected chi connectivity index (χ1v) is 9.99. The van der Waals surface area contributed by atoms with E-state index in [-0.39, 0.29) is 16.1 Å². The number of rotatable bonds is 5. The summed E-state index contributed by atoms with van der Waals surface area (Å²) in [6.45, 7) is 13.7. The van der Waals surface area contributed by atoms with Crippen LogP contribution in [0.1, 0.15) is 70.1 Å². The van der Waals surface area contributed by atoms with Crippen LogP contribution in [0.2, 0.25) is 0 Å². The van der Waals surface area contributed by atoms with E-state index in [2.05, 4.69) is 38.3 Å². The molecule has 0 aliphatic heterocycles. The van der Waals surface area contributed by atoms with Gasteiger partial charge in [-0.1, -0.05) is 44.6 Å². The molecule has 1 saturated carbocycles. The molecule has 0 bridgehead atoms. The van der Waals surface area contributed by atoms with Crippen LogP contribution in [-0.2, 0) is 0 Å². The zero-order valence-corrected chi connectivity index (χ0v) is 16.9. The van der Waals surface area contributed by atoms with Gasteiger partial charge in [0.2, 0.25) is 5.43 Å². The molecule has 1 aromatic rings. The van der Waals surface area contributed by atoms with Crippen molar-refractivity contribution in [3.63, 3.8) is 0 Å². The molecule has 140 valence electrons. The Morgan fingerprint density at radius 1 is 1.12 bits per heavy atom. The first kappa shape index (κ1) is 20.5. The first-order valence-electron chi connectivity index (χ1n) is 9.21. The predicted molar refractivity (Wildman–Crippen MR) is 114 cm³/mol. The van der Waals surface area contributed by atoms with E-state index in [0.29, 0.717) is 16.2 Å². The second-order valence-corrected chi connectivity index (χ2v) is 9.18. The average molecular weight is 372 g/mol. The Labute approximate surface area is 160 Å². The zero-order chi connectivity index (χ0) is 19.2. The Bertz CT molecular complexity index is 850. The Kier molecular flexibility index (Phi) is 7.27. The Morgan fingerprint density at radius 2 is 1.77 bits per heavy atom. The standard InChI is InChI=1S/C22H29NO2S/c1-6-11-17-19(12-7-2)25-21(16-13-9-8-10-14-16)18(20(17)24)15-23-26-22(3,4)5/h6-7,11-12,15-16H,1-2,8-10,13-14H2,3-5H3/b17-11+,19-12+,23-15+. The van der Waals surface area contributed by atoms with Gasteiger partial charge in [0.15, 0.2) is 0 Å². The summed E-state index contributed by atoms with van der Waals surface area (Å²) in [4.78, 5) is 13.2. The lowest BCUT2D eigenvalue weighted by Crippen LogP contribution is -2.42. The molecule has 0 aromatic carbocycles. The molecule has 0 saturated heterocycles. The summed E-state index contributed by atoms with van der Waals surface area (Å²) in [7, 11) is 0. The molecule has 1 heterocycles. The van der Waals surface area contributed by atoms with Crippen molar-refractivity contribution in [1.82, 2.24) is 0 Å². The fourth-order valence-corrected chi connectivity index (χ4v) is 3.61. The summed E-state index contributed by atoms with van der Waals surface area (Å²) in [5, 5.41) is 0.502. The van der Waals surface area contributed by atoms with Crippen molar-refractivity contribution in [2.45, 2.75) is 63.5 Å². The van der Waals surface area contributed by atoms with E-state index in [4.69, 9.17) is 4.42 Å². The average Bonchev–Trinajstić information content (AvgIpc) is 2.59. The lowest BCUT2D eigenvalue weighted by atomic mass is 9.85. The summed E-state index contributed by atoms with van der Waals surface area (Å²) in [6.07, 6.45) is 14.1. The van der Waals surface area contributed by atoms with Crippen LogP contribution in [0, 0.1) is 0 Å². The highest BCUT2D eigenvalue weighted by Gasteiger charge is 2.23. The molecule has 0 N–H and O–H groups in total. The van der Waals surface area contributed by atoms with Gasteiger partial charge in [-0.05, 0) is 57.7 Å². The Morgan fingerprint density at radius 3 is 2.35 bits per heavy atom. The van der Waals surface area contributed by atoms with Gasteiger partial charge in [0.1, 0.15) is 11.2 Å². The molecule has 4 heteroatoms. The smallest absolute Gasteiger partial charge is 0.201 e. The predicted octanol–water partition coefficient (Wildman–Crippen LogP) is 4.49. The van der Waals surface area contributed by atoms with Crippen LogP contribution in [0.4, 0.5) is 0 Å². The third-order valence-corrected chi connectivity index (χ3v) is 5.04. The molecule has 3 nitrogen and oxygen atoms in total. The normalized spacial score (nSPS) is 17.8. The summed E-state index contributed by atoms with van der Waals surface area (Å²) in [5.74, 6) is 1.04. The van der Waals surface area contributed by atoms with Crippen molar-refractivity contribution >= 4 is 30.3 Å². The molecule has 0 amide bonds. The summed E-state index contributed by atoms with van der Waals surface area (Å²) >= 11 is 1.46. The Hall–Kier alpha value is -1.81. The highest BCUT2D eigenvalue weighted by molar-refractivity contribution is 7.99. The summed E-state index contributed by atoms with van der Waals surface area (Å²) in [5.41, 5.74) is 1.07. The molecular weight excluding hydrogens is 342 g/mol. The molecule has 1 aromatic heterocycles. The monoisotopic (exact) mass is 371 g/mol. The van der Waals surface area contributed by atoms with E-state index < -0.39 is 0 Å². The zero-order valence-electron chi connectivity index (χ0n) is 16.1. The fourth-order valence-electron chi connectivity index (χ4n) is 3.13. The van der Waals surface area contributed by atoms with Crippen LogP contribution in [-0.4, -0.2) is 11.0 Å². The van der Waals surface area contributed by atoms with Crippen molar-refractivity contribution in [2.75, 3.05) is 0 Å². The van der Waals surface area contributed by atoms with Gasteiger partial charge in [0, 0.05) is 16.9 Å². The minimum Gasteiger partial charge on any atom is -0.460 e. The van der Waals surface area contributed by atoms with Crippen LogP contribution in [0.25, 0.3) is 12.2 Å². The van der Waals surface area contributed by atoms with Gasteiger partial charge in [-0.25, -0.2) is 4.40 Å². The summed E-state index contributed by atoms with van der Waals surface area (Å²) < 4.78 is 10.7. The highest BCUT2D eigenvalue weighted by atomic mass is 32.2. The van der Waals surface area contributed by atoms with Gasteiger partial charge in [-0.2, -0.15) is 0 Å². The van der Waals surface area contributed by atoms with Crippen molar-refractivity contribution in [3.05, 3.63) is 57.5 Å². The minimum absolute atomic E-state index is 0.00563. The SMILES string of the molecule is C=C/C=c1/oc(C2CCCCC2)c(/C=N/SC(C)(C)C)c(=O)/c1=C/C=C. The van der Waals surface area contributed by atoms with Crippen LogP contribution in [0.3, 0.4) is 0 Å². The van der Waals surface area contributed by atoms with Crippen molar-refractivity contribution < 1.29 is 4.42 Å². The number of nitrogens with zero attached hydrogens (tertiary/aromatic N) is 1. The van der Waals surface area contributed by atoms with E-state index in [0.717, 1.165) is 18.6 Å². The maximum Gasteiger partial charge on any atom is 0.201 e. The van der Waals surface area contributed by atoms with Gasteiger partial charge in [-0.15, -0.1) is 0 Å². The first-order chi connectivity index (χ1) is 12.4. The number of hydrogen-bond acceptors (Lipinski definition) is 4. The van der Waals surface area contributed by atoms with Gasteiger partial charge in [0.25, 0.3) is 0 Å². The van der Waals surface area contributed by atoms with E-state index in [1.165, 1.54) is 31.2 Å². The molecule has 2 rings (SSSR count). The maximum absolute atomic E-state index is 13.2. The van der Waals surface area contributed by atoms with Crippen LogP contribution < -0.4 is 16.1 Å².